The molecule has 2 rings (SSSR count). The van der Waals surface area contributed by atoms with Gasteiger partial charge in [-0.3, -0.25) is 4.99 Å². The molecule has 0 saturated heterocycles. The molecular weight excluding hydrogens is 455 g/mol. The fraction of sp³-hybridized carbons (Fsp3) is 0.700. The molecule has 0 atom stereocenters. The van der Waals surface area contributed by atoms with Gasteiger partial charge in [0.05, 0.1) is 6.61 Å². The highest BCUT2D eigenvalue weighted by Gasteiger charge is 2.33. The third-order valence-corrected chi connectivity index (χ3v) is 5.05. The van der Waals surface area contributed by atoms with E-state index in [1.165, 1.54) is 25.7 Å². The van der Waals surface area contributed by atoms with Crippen LogP contribution in [-0.4, -0.2) is 44.4 Å². The Hall–Kier alpha value is -1.09. The average molecular weight is 490 g/mol. The molecule has 1 saturated carbocycles. The highest BCUT2D eigenvalue weighted by Crippen LogP contribution is 2.40. The Morgan fingerprint density at radius 2 is 2.00 bits per heavy atom. The summed E-state index contributed by atoms with van der Waals surface area (Å²) in [6.07, 6.45) is 8.07. The lowest BCUT2D eigenvalue weighted by Crippen LogP contribution is -2.43. The predicted molar refractivity (Wildman–Crippen MR) is 121 cm³/mol. The molecule has 1 aliphatic rings. The van der Waals surface area contributed by atoms with Crippen LogP contribution in [0.2, 0.25) is 0 Å². The summed E-state index contributed by atoms with van der Waals surface area (Å²) in [7, 11) is 1.81. The summed E-state index contributed by atoms with van der Waals surface area (Å²) in [6.45, 7) is 7.92. The predicted octanol–water partition coefficient (Wildman–Crippen LogP) is 3.75. The zero-order valence-electron chi connectivity index (χ0n) is 16.9. The Labute approximate surface area is 180 Å². The van der Waals surface area contributed by atoms with Gasteiger partial charge < -0.3 is 20.1 Å². The second-order valence-corrected chi connectivity index (χ2v) is 6.87. The van der Waals surface area contributed by atoms with Crippen LogP contribution < -0.4 is 15.4 Å². The van der Waals surface area contributed by atoms with Gasteiger partial charge in [0.25, 0.3) is 0 Å². The molecule has 6 nitrogen and oxygen atoms in total. The van der Waals surface area contributed by atoms with Crippen LogP contribution in [0, 0.1) is 5.41 Å². The lowest BCUT2D eigenvalue weighted by atomic mass is 9.83. The van der Waals surface area contributed by atoms with Crippen molar-refractivity contribution in [3.63, 3.8) is 0 Å². The first-order chi connectivity index (χ1) is 12.7. The van der Waals surface area contributed by atoms with Crippen LogP contribution in [0.25, 0.3) is 0 Å². The number of hydrogen-bond acceptors (Lipinski definition) is 4. The summed E-state index contributed by atoms with van der Waals surface area (Å²) in [6, 6.07) is 3.95. The van der Waals surface area contributed by atoms with Crippen molar-refractivity contribution in [2.75, 3.05) is 33.4 Å². The van der Waals surface area contributed by atoms with E-state index in [1.54, 1.807) is 6.20 Å². The number of hydrogen-bond donors (Lipinski definition) is 2. The number of rotatable bonds is 10. The van der Waals surface area contributed by atoms with Crippen molar-refractivity contribution in [1.29, 1.82) is 0 Å². The summed E-state index contributed by atoms with van der Waals surface area (Å²) in [5.41, 5.74) is 1.46. The van der Waals surface area contributed by atoms with Gasteiger partial charge in [0.1, 0.15) is 0 Å². The molecule has 0 spiro atoms. The van der Waals surface area contributed by atoms with Crippen molar-refractivity contribution in [2.45, 2.75) is 52.5 Å². The van der Waals surface area contributed by atoms with Crippen molar-refractivity contribution in [3.05, 3.63) is 23.9 Å². The summed E-state index contributed by atoms with van der Waals surface area (Å²) in [5.74, 6) is 1.50. The standard InChI is InChI=1S/C20H34N4O2.HI/c1-4-25-13-11-20(9-6-7-10-20)16-24-19(21-3)23-15-17-8-12-22-18(14-17)26-5-2;/h8,12,14H,4-7,9-11,13,15-16H2,1-3H3,(H2,21,23,24);1H. The van der Waals surface area contributed by atoms with Gasteiger partial charge in [-0.2, -0.15) is 0 Å². The van der Waals surface area contributed by atoms with Gasteiger partial charge in [-0.25, -0.2) is 4.98 Å². The minimum Gasteiger partial charge on any atom is -0.478 e. The van der Waals surface area contributed by atoms with Crippen molar-refractivity contribution < 1.29 is 9.47 Å². The fourth-order valence-corrected chi connectivity index (χ4v) is 3.54. The molecule has 1 aromatic heterocycles. The Balaban J connectivity index is 0.00000364. The zero-order chi connectivity index (χ0) is 18.7. The van der Waals surface area contributed by atoms with Gasteiger partial charge in [0.2, 0.25) is 5.88 Å². The molecule has 1 heterocycles. The zero-order valence-corrected chi connectivity index (χ0v) is 19.3. The first-order valence-corrected chi connectivity index (χ1v) is 9.81. The van der Waals surface area contributed by atoms with Gasteiger partial charge in [-0.05, 0) is 50.2 Å². The minimum absolute atomic E-state index is 0. The quantitative estimate of drug-likeness (QED) is 0.226. The second-order valence-electron chi connectivity index (χ2n) is 6.87. The molecule has 0 amide bonds. The smallest absolute Gasteiger partial charge is 0.213 e. The molecule has 0 unspecified atom stereocenters. The maximum Gasteiger partial charge on any atom is 0.213 e. The number of aromatic nitrogens is 1. The maximum atomic E-state index is 5.60. The van der Waals surface area contributed by atoms with E-state index >= 15 is 0 Å². The van der Waals surface area contributed by atoms with Crippen molar-refractivity contribution in [1.82, 2.24) is 15.6 Å². The number of nitrogens with one attached hydrogen (secondary N) is 2. The topological polar surface area (TPSA) is 67.8 Å². The van der Waals surface area contributed by atoms with Crippen LogP contribution in [0.3, 0.4) is 0 Å². The molecule has 1 aromatic rings. The normalized spacial score (nSPS) is 15.9. The molecule has 154 valence electrons. The van der Waals surface area contributed by atoms with E-state index < -0.39 is 0 Å². The number of nitrogens with zero attached hydrogens (tertiary/aromatic N) is 2. The van der Waals surface area contributed by atoms with Gasteiger partial charge in [0, 0.05) is 45.6 Å². The molecule has 1 fully saturated rings. The minimum atomic E-state index is 0. The van der Waals surface area contributed by atoms with E-state index in [4.69, 9.17) is 9.47 Å². The number of aliphatic imine (C=N–C) groups is 1. The summed E-state index contributed by atoms with van der Waals surface area (Å²) in [5, 5.41) is 6.91. The Bertz CT molecular complexity index is 563. The molecule has 7 heteroatoms. The fourth-order valence-electron chi connectivity index (χ4n) is 3.54. The van der Waals surface area contributed by atoms with Gasteiger partial charge in [0.15, 0.2) is 5.96 Å². The van der Waals surface area contributed by atoms with Crippen molar-refractivity contribution in [3.8, 4) is 5.88 Å². The molecule has 0 radical (unpaired) electrons. The van der Waals surface area contributed by atoms with Crippen molar-refractivity contribution >= 4 is 29.9 Å². The van der Waals surface area contributed by atoms with Crippen LogP contribution >= 0.6 is 24.0 Å². The molecule has 0 bridgehead atoms. The van der Waals surface area contributed by atoms with Crippen LogP contribution in [0.4, 0.5) is 0 Å². The van der Waals surface area contributed by atoms with Crippen LogP contribution in [-0.2, 0) is 11.3 Å². The molecule has 1 aliphatic carbocycles. The number of halogens is 1. The largest absolute Gasteiger partial charge is 0.478 e. The van der Waals surface area contributed by atoms with E-state index in [0.717, 1.165) is 37.7 Å². The van der Waals surface area contributed by atoms with E-state index in [9.17, 15) is 0 Å². The summed E-state index contributed by atoms with van der Waals surface area (Å²) in [4.78, 5) is 8.57. The maximum absolute atomic E-state index is 5.60. The highest BCUT2D eigenvalue weighted by molar-refractivity contribution is 14.0. The van der Waals surface area contributed by atoms with E-state index in [1.807, 2.05) is 26.1 Å². The third kappa shape index (κ3) is 8.21. The van der Waals surface area contributed by atoms with Crippen LogP contribution in [0.5, 0.6) is 5.88 Å². The van der Waals surface area contributed by atoms with Crippen LogP contribution in [0.1, 0.15) is 51.5 Å². The summed E-state index contributed by atoms with van der Waals surface area (Å²) < 4.78 is 11.1. The Kier molecular flexibility index (Phi) is 11.7. The number of pyridine rings is 1. The van der Waals surface area contributed by atoms with Crippen molar-refractivity contribution in [2.24, 2.45) is 10.4 Å². The monoisotopic (exact) mass is 490 g/mol. The van der Waals surface area contributed by atoms with E-state index in [2.05, 4.69) is 27.5 Å². The van der Waals surface area contributed by atoms with E-state index in [0.29, 0.717) is 24.4 Å². The molecule has 2 N–H and O–H groups in total. The second kappa shape index (κ2) is 13.1. The SMILES string of the molecule is CCOCCC1(CNC(=NC)NCc2ccnc(OCC)c2)CCCC1.I. The van der Waals surface area contributed by atoms with E-state index in [-0.39, 0.29) is 24.0 Å². The Morgan fingerprint density at radius 3 is 2.67 bits per heavy atom. The van der Waals surface area contributed by atoms with Gasteiger partial charge in [-0.15, -0.1) is 24.0 Å². The summed E-state index contributed by atoms with van der Waals surface area (Å²) >= 11 is 0. The molecule has 27 heavy (non-hydrogen) atoms. The number of ether oxygens (including phenoxy) is 2. The lowest BCUT2D eigenvalue weighted by Gasteiger charge is -2.30. The van der Waals surface area contributed by atoms with Crippen LogP contribution in [0.15, 0.2) is 23.3 Å². The third-order valence-electron chi connectivity index (χ3n) is 5.05. The number of guanidine groups is 1. The molecule has 0 aliphatic heterocycles. The first kappa shape index (κ1) is 23.9. The lowest BCUT2D eigenvalue weighted by molar-refractivity contribution is 0.105. The average Bonchev–Trinajstić information content (AvgIpc) is 3.12. The Morgan fingerprint density at radius 1 is 1.22 bits per heavy atom. The molecular formula is C20H35IN4O2. The first-order valence-electron chi connectivity index (χ1n) is 9.81. The van der Waals surface area contributed by atoms with Gasteiger partial charge in [-0.1, -0.05) is 12.8 Å². The highest BCUT2D eigenvalue weighted by atomic mass is 127. The molecule has 0 aromatic carbocycles. The van der Waals surface area contributed by atoms with Gasteiger partial charge >= 0.3 is 0 Å².